The van der Waals surface area contributed by atoms with Crippen molar-refractivity contribution in [2.45, 2.75) is 6.18 Å². The Morgan fingerprint density at radius 1 is 0.933 bits per heavy atom. The number of alkyl halides is 3. The van der Waals surface area contributed by atoms with Crippen LogP contribution in [-0.4, -0.2) is 4.92 Å². The second-order valence-electron chi connectivity index (χ2n) is 6.17. The highest BCUT2D eigenvalue weighted by atomic mass is 19.4. The normalized spacial score (nSPS) is 11.6. The molecule has 0 atom stereocenters. The Kier molecular flexibility index (Phi) is 5.83. The molecule has 0 radical (unpaired) electrons. The summed E-state index contributed by atoms with van der Waals surface area (Å²) in [5.41, 5.74) is 0.492. The summed E-state index contributed by atoms with van der Waals surface area (Å²) in [6, 6.07) is 18.7. The average molecular weight is 410 g/mol. The fourth-order valence-electron chi connectivity index (χ4n) is 2.59. The Morgan fingerprint density at radius 2 is 1.47 bits per heavy atom. The number of ether oxygens (including phenoxy) is 1. The van der Waals surface area contributed by atoms with Gasteiger partial charge in [-0.3, -0.25) is 10.1 Å². The van der Waals surface area contributed by atoms with E-state index in [1.807, 2.05) is 6.07 Å². The van der Waals surface area contributed by atoms with Gasteiger partial charge in [-0.2, -0.15) is 18.4 Å². The van der Waals surface area contributed by atoms with Crippen molar-refractivity contribution in [2.75, 3.05) is 0 Å². The second kappa shape index (κ2) is 8.49. The highest BCUT2D eigenvalue weighted by Gasteiger charge is 2.29. The van der Waals surface area contributed by atoms with Crippen molar-refractivity contribution >= 4 is 17.3 Å². The van der Waals surface area contributed by atoms with E-state index in [-0.39, 0.29) is 11.3 Å². The molecule has 0 bridgehead atoms. The average Bonchev–Trinajstić information content (AvgIpc) is 2.73. The number of nitrogens with zero attached hydrogens (tertiary/aromatic N) is 2. The van der Waals surface area contributed by atoms with E-state index in [0.29, 0.717) is 22.6 Å². The predicted octanol–water partition coefficient (Wildman–Crippen LogP) is 6.47. The number of nitriles is 1. The van der Waals surface area contributed by atoms with Gasteiger partial charge >= 0.3 is 6.18 Å². The van der Waals surface area contributed by atoms with E-state index >= 15 is 0 Å². The minimum absolute atomic E-state index is 0.0511. The molecular formula is C22H13F3N2O3. The number of halogens is 3. The lowest BCUT2D eigenvalue weighted by atomic mass is 10.0. The van der Waals surface area contributed by atoms with Crippen LogP contribution in [0.3, 0.4) is 0 Å². The van der Waals surface area contributed by atoms with Crippen LogP contribution in [0.1, 0.15) is 16.7 Å². The summed E-state index contributed by atoms with van der Waals surface area (Å²) in [5.74, 6) is 0.869. The maximum absolute atomic E-state index is 12.7. The van der Waals surface area contributed by atoms with E-state index in [1.54, 1.807) is 24.3 Å². The summed E-state index contributed by atoms with van der Waals surface area (Å²) >= 11 is 0. The zero-order valence-corrected chi connectivity index (χ0v) is 15.3. The van der Waals surface area contributed by atoms with Gasteiger partial charge in [-0.1, -0.05) is 12.1 Å². The van der Waals surface area contributed by atoms with Crippen molar-refractivity contribution in [3.8, 4) is 17.6 Å². The van der Waals surface area contributed by atoms with Crippen molar-refractivity contribution in [1.82, 2.24) is 0 Å². The number of nitro groups is 1. The molecule has 30 heavy (non-hydrogen) atoms. The molecule has 0 aliphatic rings. The molecule has 3 rings (SSSR count). The summed E-state index contributed by atoms with van der Waals surface area (Å²) < 4.78 is 43.6. The van der Waals surface area contributed by atoms with Crippen LogP contribution >= 0.6 is 0 Å². The van der Waals surface area contributed by atoms with Crippen molar-refractivity contribution in [3.05, 3.63) is 99.6 Å². The molecule has 3 aromatic rings. The van der Waals surface area contributed by atoms with Crippen molar-refractivity contribution in [2.24, 2.45) is 0 Å². The van der Waals surface area contributed by atoms with Gasteiger partial charge in [0, 0.05) is 12.1 Å². The molecule has 0 unspecified atom stereocenters. The second-order valence-corrected chi connectivity index (χ2v) is 6.17. The van der Waals surface area contributed by atoms with Crippen LogP contribution in [0.5, 0.6) is 11.5 Å². The number of benzene rings is 3. The summed E-state index contributed by atoms with van der Waals surface area (Å²) in [6.07, 6.45) is -2.92. The van der Waals surface area contributed by atoms with Crippen LogP contribution < -0.4 is 4.74 Å². The van der Waals surface area contributed by atoms with Crippen LogP contribution in [-0.2, 0) is 6.18 Å². The van der Waals surface area contributed by atoms with E-state index < -0.39 is 16.7 Å². The first-order chi connectivity index (χ1) is 14.3. The fraction of sp³-hybridized carbons (Fsp3) is 0.0455. The van der Waals surface area contributed by atoms with Gasteiger partial charge in [-0.25, -0.2) is 0 Å². The molecule has 3 aromatic carbocycles. The van der Waals surface area contributed by atoms with Gasteiger partial charge < -0.3 is 4.74 Å². The molecule has 0 saturated carbocycles. The zero-order chi connectivity index (χ0) is 21.7. The minimum Gasteiger partial charge on any atom is -0.457 e. The molecule has 0 amide bonds. The summed E-state index contributed by atoms with van der Waals surface area (Å²) in [6.45, 7) is 0. The van der Waals surface area contributed by atoms with Gasteiger partial charge in [0.2, 0.25) is 0 Å². The van der Waals surface area contributed by atoms with Gasteiger partial charge in [-0.15, -0.1) is 0 Å². The molecule has 0 spiro atoms. The first-order valence-electron chi connectivity index (χ1n) is 8.58. The van der Waals surface area contributed by atoms with Gasteiger partial charge in [-0.05, 0) is 65.7 Å². The standard InChI is InChI=1S/C22H13F3N2O3/c23-22(24,25)18-5-1-15(2-6-18)13-17(14-26)16-3-9-20(10-4-16)30-21-11-7-19(8-12-21)27(28)29/h1-13H. The van der Waals surface area contributed by atoms with Crippen LogP contribution in [0.25, 0.3) is 11.6 Å². The first kappa shape index (κ1) is 20.6. The number of allylic oxidation sites excluding steroid dienone is 1. The Labute approximate surface area is 169 Å². The van der Waals surface area contributed by atoms with Gasteiger partial charge in [0.05, 0.1) is 22.1 Å². The molecule has 0 saturated heterocycles. The van der Waals surface area contributed by atoms with Crippen molar-refractivity contribution < 1.29 is 22.8 Å². The third kappa shape index (κ3) is 5.02. The number of nitro benzene ring substituents is 1. The van der Waals surface area contributed by atoms with Gasteiger partial charge in [0.15, 0.2) is 0 Å². The Balaban J connectivity index is 1.75. The van der Waals surface area contributed by atoms with E-state index in [1.165, 1.54) is 42.5 Å². The maximum Gasteiger partial charge on any atom is 0.416 e. The van der Waals surface area contributed by atoms with Gasteiger partial charge in [0.25, 0.3) is 5.69 Å². The third-order valence-corrected chi connectivity index (χ3v) is 4.12. The molecule has 0 fully saturated rings. The molecular weight excluding hydrogens is 397 g/mol. The largest absolute Gasteiger partial charge is 0.457 e. The number of non-ortho nitro benzene ring substituents is 1. The van der Waals surface area contributed by atoms with E-state index in [9.17, 15) is 28.5 Å². The molecule has 0 aliphatic heterocycles. The van der Waals surface area contributed by atoms with E-state index in [2.05, 4.69) is 0 Å². The van der Waals surface area contributed by atoms with Crippen LogP contribution in [0.2, 0.25) is 0 Å². The summed E-state index contributed by atoms with van der Waals surface area (Å²) in [7, 11) is 0. The minimum atomic E-state index is -4.42. The van der Waals surface area contributed by atoms with Crippen molar-refractivity contribution in [3.63, 3.8) is 0 Å². The molecule has 0 heterocycles. The highest BCUT2D eigenvalue weighted by molar-refractivity contribution is 5.89. The Morgan fingerprint density at radius 3 is 1.93 bits per heavy atom. The lowest BCUT2D eigenvalue weighted by Crippen LogP contribution is -2.03. The number of hydrogen-bond acceptors (Lipinski definition) is 4. The monoisotopic (exact) mass is 410 g/mol. The third-order valence-electron chi connectivity index (χ3n) is 4.12. The molecule has 0 N–H and O–H groups in total. The van der Waals surface area contributed by atoms with Gasteiger partial charge in [0.1, 0.15) is 11.5 Å². The molecule has 8 heteroatoms. The van der Waals surface area contributed by atoms with Crippen molar-refractivity contribution in [1.29, 1.82) is 5.26 Å². The summed E-state index contributed by atoms with van der Waals surface area (Å²) in [5, 5.41) is 20.1. The Hall–Kier alpha value is -4.12. The van der Waals surface area contributed by atoms with Crippen LogP contribution in [0.4, 0.5) is 18.9 Å². The lowest BCUT2D eigenvalue weighted by molar-refractivity contribution is -0.384. The van der Waals surface area contributed by atoms with Crippen LogP contribution in [0.15, 0.2) is 72.8 Å². The zero-order valence-electron chi connectivity index (χ0n) is 15.3. The lowest BCUT2D eigenvalue weighted by Gasteiger charge is -2.07. The first-order valence-corrected chi connectivity index (χ1v) is 8.58. The molecule has 5 nitrogen and oxygen atoms in total. The SMILES string of the molecule is N#CC(=Cc1ccc(C(F)(F)F)cc1)c1ccc(Oc2ccc([N+](=O)[O-])cc2)cc1. The van der Waals surface area contributed by atoms with Crippen LogP contribution in [0, 0.1) is 21.4 Å². The van der Waals surface area contributed by atoms with E-state index in [4.69, 9.17) is 4.74 Å². The number of rotatable bonds is 5. The number of hydrogen-bond donors (Lipinski definition) is 0. The highest BCUT2D eigenvalue weighted by Crippen LogP contribution is 2.30. The molecule has 150 valence electrons. The maximum atomic E-state index is 12.7. The smallest absolute Gasteiger partial charge is 0.416 e. The molecule has 0 aliphatic carbocycles. The quantitative estimate of drug-likeness (QED) is 0.209. The fourth-order valence-corrected chi connectivity index (χ4v) is 2.59. The predicted molar refractivity (Wildman–Crippen MR) is 105 cm³/mol. The van der Waals surface area contributed by atoms with E-state index in [0.717, 1.165) is 12.1 Å². The molecule has 0 aromatic heterocycles. The Bertz CT molecular complexity index is 1110. The summed E-state index contributed by atoms with van der Waals surface area (Å²) in [4.78, 5) is 10.2. The topological polar surface area (TPSA) is 76.2 Å².